The molecule has 2 fully saturated rings. The van der Waals surface area contributed by atoms with Crippen molar-refractivity contribution in [3.63, 3.8) is 0 Å². The first-order valence-electron chi connectivity index (χ1n) is 9.08. The predicted octanol–water partition coefficient (Wildman–Crippen LogP) is 2.09. The van der Waals surface area contributed by atoms with E-state index in [1.165, 1.54) is 18.3 Å². The average molecular weight is 415 g/mol. The minimum Gasteiger partial charge on any atom is -0.450 e. The van der Waals surface area contributed by atoms with E-state index in [0.717, 1.165) is 19.3 Å². The van der Waals surface area contributed by atoms with E-state index in [2.05, 4.69) is 0 Å². The molecule has 0 aromatic carbocycles. The molecule has 9 heteroatoms. The summed E-state index contributed by atoms with van der Waals surface area (Å²) < 4.78 is 32.5. The second kappa shape index (κ2) is 7.18. The molecular formula is C18H26N2O5S2. The molecule has 1 amide bonds. The van der Waals surface area contributed by atoms with Crippen LogP contribution in [0.2, 0.25) is 0 Å². The zero-order valence-corrected chi connectivity index (χ0v) is 17.6. The molecule has 150 valence electrons. The summed E-state index contributed by atoms with van der Waals surface area (Å²) in [6, 6.07) is 3.38. The van der Waals surface area contributed by atoms with E-state index in [4.69, 9.17) is 4.74 Å². The number of hydrogen-bond acceptors (Lipinski definition) is 6. The van der Waals surface area contributed by atoms with Crippen molar-refractivity contribution in [1.82, 2.24) is 9.21 Å². The van der Waals surface area contributed by atoms with Crippen LogP contribution in [-0.2, 0) is 24.3 Å². The topological polar surface area (TPSA) is 84.0 Å². The van der Waals surface area contributed by atoms with Gasteiger partial charge in [-0.3, -0.25) is 9.59 Å². The van der Waals surface area contributed by atoms with Gasteiger partial charge in [-0.2, -0.15) is 4.31 Å². The van der Waals surface area contributed by atoms with Gasteiger partial charge in [0.15, 0.2) is 5.60 Å². The molecule has 7 nitrogen and oxygen atoms in total. The van der Waals surface area contributed by atoms with Gasteiger partial charge in [-0.05, 0) is 50.0 Å². The fourth-order valence-electron chi connectivity index (χ4n) is 4.04. The van der Waals surface area contributed by atoms with Gasteiger partial charge in [0.05, 0.1) is 0 Å². The number of likely N-dealkylation sites (tertiary alicyclic amines) is 1. The summed E-state index contributed by atoms with van der Waals surface area (Å²) in [5.74, 6) is -0.669. The van der Waals surface area contributed by atoms with Crippen molar-refractivity contribution >= 4 is 33.2 Å². The highest BCUT2D eigenvalue weighted by Gasteiger charge is 2.47. The molecule has 2 saturated heterocycles. The molecule has 0 bridgehead atoms. The van der Waals surface area contributed by atoms with Gasteiger partial charge in [-0.15, -0.1) is 11.3 Å². The lowest BCUT2D eigenvalue weighted by Gasteiger charge is -2.38. The van der Waals surface area contributed by atoms with Gasteiger partial charge in [0.25, 0.3) is 15.9 Å². The smallest absolute Gasteiger partial charge is 0.303 e. The van der Waals surface area contributed by atoms with Gasteiger partial charge in [-0.1, -0.05) is 6.07 Å². The summed E-state index contributed by atoms with van der Waals surface area (Å²) in [4.78, 5) is 25.8. The van der Waals surface area contributed by atoms with Crippen LogP contribution in [0.4, 0.5) is 0 Å². The van der Waals surface area contributed by atoms with Gasteiger partial charge >= 0.3 is 5.97 Å². The SMILES string of the molecule is CC(=O)OC(C)(C)C(=O)N1CCC2(CCN(S(=O)(=O)c3cccs3)CC2)C1. The fourth-order valence-corrected chi connectivity index (χ4v) is 6.62. The van der Waals surface area contributed by atoms with Crippen LogP contribution in [0.3, 0.4) is 0 Å². The number of hydrogen-bond donors (Lipinski definition) is 0. The Morgan fingerprint density at radius 2 is 1.81 bits per heavy atom. The number of amides is 1. The van der Waals surface area contributed by atoms with E-state index in [9.17, 15) is 18.0 Å². The van der Waals surface area contributed by atoms with Gasteiger partial charge in [0.2, 0.25) is 0 Å². The Hall–Kier alpha value is -1.45. The maximum absolute atomic E-state index is 12.8. The van der Waals surface area contributed by atoms with Crippen LogP contribution in [-0.4, -0.2) is 61.3 Å². The lowest BCUT2D eigenvalue weighted by molar-refractivity contribution is -0.168. The van der Waals surface area contributed by atoms with Crippen molar-refractivity contribution < 1.29 is 22.7 Å². The van der Waals surface area contributed by atoms with Gasteiger partial charge < -0.3 is 9.64 Å². The molecule has 3 rings (SSSR count). The summed E-state index contributed by atoms with van der Waals surface area (Å²) in [6.07, 6.45) is 2.31. The number of carbonyl (C=O) groups excluding carboxylic acids is 2. The van der Waals surface area contributed by atoms with E-state index in [1.54, 1.807) is 40.6 Å². The highest BCUT2D eigenvalue weighted by molar-refractivity contribution is 7.91. The van der Waals surface area contributed by atoms with Crippen molar-refractivity contribution in [2.45, 2.75) is 49.8 Å². The van der Waals surface area contributed by atoms with E-state index in [1.807, 2.05) is 0 Å². The number of nitrogens with zero attached hydrogens (tertiary/aromatic N) is 2. The number of sulfonamides is 1. The lowest BCUT2D eigenvalue weighted by atomic mass is 9.78. The van der Waals surface area contributed by atoms with E-state index >= 15 is 0 Å². The van der Waals surface area contributed by atoms with Crippen molar-refractivity contribution in [2.24, 2.45) is 5.41 Å². The van der Waals surface area contributed by atoms with Crippen LogP contribution in [0.1, 0.15) is 40.0 Å². The molecule has 1 spiro atoms. The van der Waals surface area contributed by atoms with Crippen molar-refractivity contribution in [1.29, 1.82) is 0 Å². The number of piperidine rings is 1. The summed E-state index contributed by atoms with van der Waals surface area (Å²) >= 11 is 1.24. The first-order chi connectivity index (χ1) is 12.6. The summed E-state index contributed by atoms with van der Waals surface area (Å²) in [5, 5.41) is 1.77. The van der Waals surface area contributed by atoms with E-state index in [0.29, 0.717) is 30.4 Å². The van der Waals surface area contributed by atoms with Crippen LogP contribution < -0.4 is 0 Å². The number of rotatable bonds is 4. The molecule has 0 unspecified atom stereocenters. The molecule has 0 atom stereocenters. The van der Waals surface area contributed by atoms with Crippen LogP contribution in [0.15, 0.2) is 21.7 Å². The molecular weight excluding hydrogens is 388 g/mol. The van der Waals surface area contributed by atoms with Crippen molar-refractivity contribution in [2.75, 3.05) is 26.2 Å². The van der Waals surface area contributed by atoms with E-state index in [-0.39, 0.29) is 11.3 Å². The summed E-state index contributed by atoms with van der Waals surface area (Å²) in [6.45, 7) is 6.65. The molecule has 1 aromatic rings. The third-order valence-electron chi connectivity index (χ3n) is 5.51. The Morgan fingerprint density at radius 1 is 1.19 bits per heavy atom. The Morgan fingerprint density at radius 3 is 2.37 bits per heavy atom. The normalized spacial score (nSPS) is 20.8. The number of esters is 1. The molecule has 0 aliphatic carbocycles. The first-order valence-corrected chi connectivity index (χ1v) is 11.4. The monoisotopic (exact) mass is 414 g/mol. The van der Waals surface area contributed by atoms with Crippen LogP contribution >= 0.6 is 11.3 Å². The maximum atomic E-state index is 12.8. The van der Waals surface area contributed by atoms with Crippen molar-refractivity contribution in [3.05, 3.63) is 17.5 Å². The van der Waals surface area contributed by atoms with Crippen LogP contribution in [0.25, 0.3) is 0 Å². The Balaban J connectivity index is 1.63. The van der Waals surface area contributed by atoms with Gasteiger partial charge in [0.1, 0.15) is 4.21 Å². The third-order valence-corrected chi connectivity index (χ3v) is 8.78. The summed E-state index contributed by atoms with van der Waals surface area (Å²) in [7, 11) is -3.42. The highest BCUT2D eigenvalue weighted by Crippen LogP contribution is 2.42. The molecule has 2 aliphatic heterocycles. The fraction of sp³-hybridized carbons (Fsp3) is 0.667. The second-order valence-electron chi connectivity index (χ2n) is 7.92. The largest absolute Gasteiger partial charge is 0.450 e. The Kier molecular flexibility index (Phi) is 5.39. The first kappa shape index (κ1) is 20.3. The molecule has 27 heavy (non-hydrogen) atoms. The number of carbonyl (C=O) groups is 2. The minimum atomic E-state index is -3.42. The quantitative estimate of drug-likeness (QED) is 0.705. The Bertz CT molecular complexity index is 809. The minimum absolute atomic E-state index is 0.0521. The maximum Gasteiger partial charge on any atom is 0.303 e. The van der Waals surface area contributed by atoms with Gasteiger partial charge in [-0.25, -0.2) is 8.42 Å². The zero-order valence-electron chi connectivity index (χ0n) is 15.9. The summed E-state index contributed by atoms with van der Waals surface area (Å²) in [5.41, 5.74) is -1.23. The zero-order chi connectivity index (χ0) is 19.9. The third kappa shape index (κ3) is 4.05. The molecule has 3 heterocycles. The van der Waals surface area contributed by atoms with E-state index < -0.39 is 21.6 Å². The van der Waals surface area contributed by atoms with Crippen molar-refractivity contribution in [3.8, 4) is 0 Å². The van der Waals surface area contributed by atoms with Gasteiger partial charge in [0, 0.05) is 33.1 Å². The molecule has 2 aliphatic rings. The number of thiophene rings is 1. The molecule has 0 radical (unpaired) electrons. The standard InChI is InChI=1S/C18H26N2O5S2/c1-14(21)25-17(2,3)16(22)19-9-6-18(13-19)7-10-20(11-8-18)27(23,24)15-5-4-12-26-15/h4-5,12H,6-11,13H2,1-3H3. The lowest BCUT2D eigenvalue weighted by Crippen LogP contribution is -2.49. The highest BCUT2D eigenvalue weighted by atomic mass is 32.2. The number of ether oxygens (including phenoxy) is 1. The molecule has 1 aromatic heterocycles. The van der Waals surface area contributed by atoms with Crippen LogP contribution in [0.5, 0.6) is 0 Å². The Labute approximate surface area is 164 Å². The molecule has 0 saturated carbocycles. The predicted molar refractivity (Wildman–Crippen MR) is 102 cm³/mol. The van der Waals surface area contributed by atoms with Crippen LogP contribution in [0, 0.1) is 5.41 Å². The second-order valence-corrected chi connectivity index (χ2v) is 11.0. The average Bonchev–Trinajstić information content (AvgIpc) is 3.24. The molecule has 0 N–H and O–H groups in total.